The Hall–Kier alpha value is -1.21. The van der Waals surface area contributed by atoms with Crippen LogP contribution in [0.5, 0.6) is 0 Å². The first-order valence-corrected chi connectivity index (χ1v) is 7.59. The fraction of sp³-hybridized carbons (Fsp3) is 0.500. The summed E-state index contributed by atoms with van der Waals surface area (Å²) in [5.74, 6) is 0.676. The van der Waals surface area contributed by atoms with Crippen LogP contribution in [0.15, 0.2) is 28.2 Å². The zero-order chi connectivity index (χ0) is 13.9. The summed E-state index contributed by atoms with van der Waals surface area (Å²) in [5, 5.41) is 11.2. The number of oxazole rings is 1. The van der Waals surface area contributed by atoms with E-state index in [1.165, 1.54) is 0 Å². The van der Waals surface area contributed by atoms with Crippen LogP contribution in [0.25, 0.3) is 10.8 Å². The Labute approximate surface area is 121 Å². The zero-order valence-electron chi connectivity index (χ0n) is 11.4. The van der Waals surface area contributed by atoms with Gasteiger partial charge < -0.3 is 14.3 Å². The maximum Gasteiger partial charge on any atom is 0.236 e. The lowest BCUT2D eigenvalue weighted by atomic mass is 10.2. The molecule has 108 valence electrons. The van der Waals surface area contributed by atoms with E-state index < -0.39 is 0 Å². The first-order chi connectivity index (χ1) is 9.74. The molecule has 0 aromatic carbocycles. The molecule has 0 spiro atoms. The Kier molecular flexibility index (Phi) is 4.16. The Bertz CT molecular complexity index is 540. The average molecular weight is 294 g/mol. The number of rotatable bonds is 4. The van der Waals surface area contributed by atoms with Crippen molar-refractivity contribution in [2.45, 2.75) is 25.7 Å². The Balaban J connectivity index is 1.66. The van der Waals surface area contributed by atoms with Crippen molar-refractivity contribution >= 4 is 11.3 Å². The number of hydrogen-bond donors (Lipinski definition) is 1. The molecule has 3 heterocycles. The number of aliphatic hydroxyl groups excluding tert-OH is 1. The maximum atomic E-state index is 9.24. The number of aliphatic hydroxyl groups is 1. The third-order valence-electron chi connectivity index (χ3n) is 3.27. The van der Waals surface area contributed by atoms with Gasteiger partial charge in [-0.15, -0.1) is 11.3 Å². The van der Waals surface area contributed by atoms with Gasteiger partial charge in [0.25, 0.3) is 0 Å². The quantitative estimate of drug-likeness (QED) is 0.934. The maximum absolute atomic E-state index is 9.24. The summed E-state index contributed by atoms with van der Waals surface area (Å²) in [6.07, 6.45) is 1.73. The molecule has 1 fully saturated rings. The lowest BCUT2D eigenvalue weighted by Crippen LogP contribution is -2.47. The molecule has 6 heteroatoms. The molecule has 20 heavy (non-hydrogen) atoms. The van der Waals surface area contributed by atoms with Crippen molar-refractivity contribution in [1.29, 1.82) is 0 Å². The van der Waals surface area contributed by atoms with Crippen LogP contribution in [0, 0.1) is 0 Å². The predicted octanol–water partition coefficient (Wildman–Crippen LogP) is 1.98. The Morgan fingerprint density at radius 3 is 3.15 bits per heavy atom. The van der Waals surface area contributed by atoms with Crippen LogP contribution in [-0.2, 0) is 11.3 Å². The molecule has 0 aliphatic carbocycles. The fourth-order valence-corrected chi connectivity index (χ4v) is 3.15. The van der Waals surface area contributed by atoms with E-state index in [1.807, 2.05) is 24.4 Å². The largest absolute Gasteiger partial charge is 0.444 e. The predicted molar refractivity (Wildman–Crippen MR) is 76.5 cm³/mol. The van der Waals surface area contributed by atoms with Crippen molar-refractivity contribution in [2.24, 2.45) is 0 Å². The number of morpholine rings is 1. The van der Waals surface area contributed by atoms with Crippen LogP contribution in [0.3, 0.4) is 0 Å². The molecule has 2 aromatic heterocycles. The molecular weight excluding hydrogens is 276 g/mol. The van der Waals surface area contributed by atoms with E-state index in [1.54, 1.807) is 17.6 Å². The summed E-state index contributed by atoms with van der Waals surface area (Å²) in [6.45, 7) is 4.37. The van der Waals surface area contributed by atoms with Crippen LogP contribution in [0.4, 0.5) is 0 Å². The second-order valence-electron chi connectivity index (χ2n) is 5.07. The topological polar surface area (TPSA) is 58.7 Å². The van der Waals surface area contributed by atoms with E-state index in [9.17, 15) is 5.11 Å². The highest BCUT2D eigenvalue weighted by Gasteiger charge is 2.25. The SMILES string of the molecule is CC1CN(Cc2coc(-c3cccs3)n2)CC(CO)O1. The van der Waals surface area contributed by atoms with Crippen LogP contribution in [-0.4, -0.2) is 46.9 Å². The summed E-state index contributed by atoms with van der Waals surface area (Å²) in [5.41, 5.74) is 0.916. The molecule has 2 unspecified atom stereocenters. The van der Waals surface area contributed by atoms with E-state index in [-0.39, 0.29) is 18.8 Å². The van der Waals surface area contributed by atoms with E-state index in [4.69, 9.17) is 9.15 Å². The molecule has 1 aliphatic rings. The van der Waals surface area contributed by atoms with E-state index in [0.717, 1.165) is 30.2 Å². The van der Waals surface area contributed by atoms with Gasteiger partial charge in [0.05, 0.1) is 29.4 Å². The highest BCUT2D eigenvalue weighted by molar-refractivity contribution is 7.13. The minimum absolute atomic E-state index is 0.0557. The van der Waals surface area contributed by atoms with E-state index >= 15 is 0 Å². The van der Waals surface area contributed by atoms with Crippen LogP contribution < -0.4 is 0 Å². The minimum atomic E-state index is -0.109. The number of nitrogens with zero attached hydrogens (tertiary/aromatic N) is 2. The van der Waals surface area contributed by atoms with Gasteiger partial charge in [-0.1, -0.05) is 6.07 Å². The lowest BCUT2D eigenvalue weighted by molar-refractivity contribution is -0.0974. The van der Waals surface area contributed by atoms with Crippen molar-refractivity contribution in [3.05, 3.63) is 29.5 Å². The van der Waals surface area contributed by atoms with E-state index in [0.29, 0.717) is 5.89 Å². The van der Waals surface area contributed by atoms with Gasteiger partial charge in [-0.05, 0) is 18.4 Å². The van der Waals surface area contributed by atoms with Gasteiger partial charge in [-0.3, -0.25) is 4.90 Å². The fourth-order valence-electron chi connectivity index (χ4n) is 2.49. The monoisotopic (exact) mass is 294 g/mol. The van der Waals surface area contributed by atoms with Gasteiger partial charge in [-0.2, -0.15) is 0 Å². The summed E-state index contributed by atoms with van der Waals surface area (Å²) in [4.78, 5) is 7.80. The molecule has 2 aromatic rings. The van der Waals surface area contributed by atoms with Crippen molar-refractivity contribution < 1.29 is 14.3 Å². The molecule has 1 aliphatic heterocycles. The first-order valence-electron chi connectivity index (χ1n) is 6.71. The molecule has 1 N–H and O–H groups in total. The van der Waals surface area contributed by atoms with Gasteiger partial charge in [0.15, 0.2) is 0 Å². The van der Waals surface area contributed by atoms with Crippen molar-refractivity contribution in [2.75, 3.05) is 19.7 Å². The summed E-state index contributed by atoms with van der Waals surface area (Å²) in [7, 11) is 0. The summed E-state index contributed by atoms with van der Waals surface area (Å²) >= 11 is 1.62. The number of thiophene rings is 1. The molecule has 2 atom stereocenters. The van der Waals surface area contributed by atoms with Gasteiger partial charge >= 0.3 is 0 Å². The van der Waals surface area contributed by atoms with E-state index in [2.05, 4.69) is 9.88 Å². The van der Waals surface area contributed by atoms with Gasteiger partial charge in [0.2, 0.25) is 5.89 Å². The smallest absolute Gasteiger partial charge is 0.236 e. The third-order valence-corrected chi connectivity index (χ3v) is 4.13. The summed E-state index contributed by atoms with van der Waals surface area (Å²) in [6, 6.07) is 3.98. The highest BCUT2D eigenvalue weighted by atomic mass is 32.1. The Morgan fingerprint density at radius 1 is 1.50 bits per heavy atom. The first kappa shape index (κ1) is 13.8. The molecule has 0 radical (unpaired) electrons. The zero-order valence-corrected chi connectivity index (χ0v) is 12.2. The second-order valence-corrected chi connectivity index (χ2v) is 6.01. The molecule has 0 amide bonds. The van der Waals surface area contributed by atoms with Gasteiger partial charge in [-0.25, -0.2) is 4.98 Å². The molecule has 3 rings (SSSR count). The average Bonchev–Trinajstić information content (AvgIpc) is 3.08. The van der Waals surface area contributed by atoms with Crippen molar-refractivity contribution in [3.8, 4) is 10.8 Å². The standard InChI is InChI=1S/C14H18N2O3S/c1-10-5-16(7-12(8-17)19-10)6-11-9-18-14(15-11)13-3-2-4-20-13/h2-4,9-10,12,17H,5-8H2,1H3. The van der Waals surface area contributed by atoms with Crippen molar-refractivity contribution in [3.63, 3.8) is 0 Å². The highest BCUT2D eigenvalue weighted by Crippen LogP contribution is 2.24. The van der Waals surface area contributed by atoms with Crippen LogP contribution >= 0.6 is 11.3 Å². The normalized spacial score (nSPS) is 24.1. The van der Waals surface area contributed by atoms with Crippen molar-refractivity contribution in [1.82, 2.24) is 9.88 Å². The molecule has 0 bridgehead atoms. The second kappa shape index (κ2) is 6.05. The van der Waals surface area contributed by atoms with Gasteiger partial charge in [0.1, 0.15) is 6.26 Å². The van der Waals surface area contributed by atoms with Crippen LogP contribution in [0.1, 0.15) is 12.6 Å². The minimum Gasteiger partial charge on any atom is -0.444 e. The summed E-state index contributed by atoms with van der Waals surface area (Å²) < 4.78 is 11.2. The lowest BCUT2D eigenvalue weighted by Gasteiger charge is -2.35. The number of hydrogen-bond acceptors (Lipinski definition) is 6. The number of ether oxygens (including phenoxy) is 1. The number of aromatic nitrogens is 1. The Morgan fingerprint density at radius 2 is 2.40 bits per heavy atom. The third kappa shape index (κ3) is 3.09. The molecule has 0 saturated carbocycles. The molecule has 5 nitrogen and oxygen atoms in total. The molecular formula is C14H18N2O3S. The van der Waals surface area contributed by atoms with Gasteiger partial charge in [0, 0.05) is 19.6 Å². The molecule has 1 saturated heterocycles. The van der Waals surface area contributed by atoms with Crippen LogP contribution in [0.2, 0.25) is 0 Å².